The molecule has 0 unspecified atom stereocenters. The van der Waals surface area contributed by atoms with Crippen molar-refractivity contribution >= 4 is 28.9 Å². The zero-order chi connectivity index (χ0) is 17.3. The molecule has 0 spiro atoms. The second kappa shape index (κ2) is 6.25. The first-order valence-corrected chi connectivity index (χ1v) is 6.49. The second-order valence-electron chi connectivity index (χ2n) is 4.53. The number of hydrogen-bond acceptors (Lipinski definition) is 3. The van der Waals surface area contributed by atoms with Crippen molar-refractivity contribution < 1.29 is 22.9 Å². The van der Waals surface area contributed by atoms with Gasteiger partial charge in [0.2, 0.25) is 5.82 Å². The van der Waals surface area contributed by atoms with Crippen molar-refractivity contribution in [1.82, 2.24) is 0 Å². The molecular weight excluding hydrogens is 337 g/mol. The van der Waals surface area contributed by atoms with Gasteiger partial charge in [-0.2, -0.15) is 4.39 Å². The summed E-state index contributed by atoms with van der Waals surface area (Å²) < 4.78 is 40.5. The summed E-state index contributed by atoms with van der Waals surface area (Å²) in [5.41, 5.74) is -2.50. The van der Waals surface area contributed by atoms with Crippen LogP contribution in [0, 0.1) is 34.5 Å². The first kappa shape index (κ1) is 16.8. The molecule has 0 saturated carbocycles. The number of amides is 1. The molecule has 2 aromatic carbocycles. The van der Waals surface area contributed by atoms with Crippen molar-refractivity contribution in [3.05, 3.63) is 68.0 Å². The van der Waals surface area contributed by atoms with E-state index in [0.717, 1.165) is 25.1 Å². The molecule has 120 valence electrons. The standard InChI is InChI=1S/C14H8ClF3N2O3/c1-6-11(17)5-8(13(12(6)18)20(22)23)14(21)19-7-2-3-10(16)9(15)4-7/h2-5H,1H3,(H,19,21). The smallest absolute Gasteiger partial charge is 0.317 e. The summed E-state index contributed by atoms with van der Waals surface area (Å²) in [4.78, 5) is 21.9. The predicted molar refractivity (Wildman–Crippen MR) is 77.1 cm³/mol. The molecule has 1 N–H and O–H groups in total. The summed E-state index contributed by atoms with van der Waals surface area (Å²) in [7, 11) is 0. The Morgan fingerprint density at radius 2 is 1.87 bits per heavy atom. The van der Waals surface area contributed by atoms with Crippen LogP contribution >= 0.6 is 11.6 Å². The van der Waals surface area contributed by atoms with Crippen molar-refractivity contribution in [2.45, 2.75) is 6.92 Å². The zero-order valence-corrected chi connectivity index (χ0v) is 12.2. The Hall–Kier alpha value is -2.61. The minimum absolute atomic E-state index is 0.0112. The van der Waals surface area contributed by atoms with Crippen LogP contribution in [0.15, 0.2) is 24.3 Å². The Morgan fingerprint density at radius 1 is 1.22 bits per heavy atom. The van der Waals surface area contributed by atoms with Crippen molar-refractivity contribution in [2.75, 3.05) is 5.32 Å². The highest BCUT2D eigenvalue weighted by Gasteiger charge is 2.29. The summed E-state index contributed by atoms with van der Waals surface area (Å²) in [5.74, 6) is -4.40. The molecule has 0 saturated heterocycles. The lowest BCUT2D eigenvalue weighted by molar-refractivity contribution is -0.387. The Bertz CT molecular complexity index is 827. The van der Waals surface area contributed by atoms with Crippen LogP contribution in [0.2, 0.25) is 5.02 Å². The molecule has 0 fully saturated rings. The molecule has 0 heterocycles. The minimum Gasteiger partial charge on any atom is -0.322 e. The number of nitro groups is 1. The fourth-order valence-electron chi connectivity index (χ4n) is 1.83. The lowest BCUT2D eigenvalue weighted by Crippen LogP contribution is -2.16. The quantitative estimate of drug-likeness (QED) is 0.669. The maximum absolute atomic E-state index is 13.9. The number of rotatable bonds is 3. The first-order valence-electron chi connectivity index (χ1n) is 6.11. The number of benzene rings is 2. The van der Waals surface area contributed by atoms with E-state index in [1.807, 2.05) is 0 Å². The highest BCUT2D eigenvalue weighted by Crippen LogP contribution is 2.28. The predicted octanol–water partition coefficient (Wildman–Crippen LogP) is 4.23. The van der Waals surface area contributed by atoms with Gasteiger partial charge in [-0.3, -0.25) is 14.9 Å². The highest BCUT2D eigenvalue weighted by atomic mass is 35.5. The zero-order valence-electron chi connectivity index (χ0n) is 11.5. The van der Waals surface area contributed by atoms with Gasteiger partial charge in [0.05, 0.1) is 9.95 Å². The van der Waals surface area contributed by atoms with E-state index < -0.39 is 45.1 Å². The molecule has 5 nitrogen and oxygen atoms in total. The molecule has 0 bridgehead atoms. The van der Waals surface area contributed by atoms with Crippen molar-refractivity contribution in [2.24, 2.45) is 0 Å². The Kier molecular flexibility index (Phi) is 4.55. The van der Waals surface area contributed by atoms with E-state index in [2.05, 4.69) is 5.32 Å². The van der Waals surface area contributed by atoms with E-state index in [0.29, 0.717) is 6.07 Å². The lowest BCUT2D eigenvalue weighted by atomic mass is 10.1. The van der Waals surface area contributed by atoms with Gasteiger partial charge in [0.15, 0.2) is 0 Å². The molecule has 23 heavy (non-hydrogen) atoms. The molecule has 2 aromatic rings. The van der Waals surface area contributed by atoms with Crippen LogP contribution < -0.4 is 5.32 Å². The van der Waals surface area contributed by atoms with Gasteiger partial charge in [0.1, 0.15) is 17.2 Å². The maximum Gasteiger partial charge on any atom is 0.317 e. The van der Waals surface area contributed by atoms with E-state index in [-0.39, 0.29) is 10.7 Å². The average molecular weight is 345 g/mol. The summed E-state index contributed by atoms with van der Waals surface area (Å²) in [6.07, 6.45) is 0. The normalized spacial score (nSPS) is 10.5. The Labute approximate surface area is 132 Å². The van der Waals surface area contributed by atoms with Crippen molar-refractivity contribution in [3.63, 3.8) is 0 Å². The van der Waals surface area contributed by atoms with Crippen LogP contribution in [0.3, 0.4) is 0 Å². The van der Waals surface area contributed by atoms with Crippen LogP contribution in [0.5, 0.6) is 0 Å². The molecule has 0 aliphatic heterocycles. The largest absolute Gasteiger partial charge is 0.322 e. The van der Waals surface area contributed by atoms with E-state index in [9.17, 15) is 28.1 Å². The van der Waals surface area contributed by atoms with Gasteiger partial charge in [0.25, 0.3) is 5.91 Å². The third-order valence-corrected chi connectivity index (χ3v) is 3.32. The monoisotopic (exact) mass is 344 g/mol. The van der Waals surface area contributed by atoms with Gasteiger partial charge in [-0.1, -0.05) is 11.6 Å². The van der Waals surface area contributed by atoms with Crippen LogP contribution in [-0.4, -0.2) is 10.8 Å². The third-order valence-electron chi connectivity index (χ3n) is 3.03. The Balaban J connectivity index is 2.46. The fraction of sp³-hybridized carbons (Fsp3) is 0.0714. The van der Waals surface area contributed by atoms with Gasteiger partial charge in [-0.15, -0.1) is 0 Å². The summed E-state index contributed by atoms with van der Waals surface area (Å²) in [6, 6.07) is 3.73. The summed E-state index contributed by atoms with van der Waals surface area (Å²) in [5, 5.41) is 12.8. The molecule has 9 heteroatoms. The molecule has 0 radical (unpaired) electrons. The number of carbonyl (C=O) groups is 1. The highest BCUT2D eigenvalue weighted by molar-refractivity contribution is 6.31. The SMILES string of the molecule is Cc1c(F)cc(C(=O)Nc2ccc(F)c(Cl)c2)c([N+](=O)[O-])c1F. The molecule has 0 aromatic heterocycles. The molecule has 0 aliphatic carbocycles. The number of nitrogens with one attached hydrogen (secondary N) is 1. The van der Waals surface area contributed by atoms with E-state index in [1.165, 1.54) is 0 Å². The van der Waals surface area contributed by atoms with Gasteiger partial charge in [-0.25, -0.2) is 8.78 Å². The number of carbonyl (C=O) groups excluding carboxylic acids is 1. The molecule has 2 rings (SSSR count). The van der Waals surface area contributed by atoms with Crippen molar-refractivity contribution in [1.29, 1.82) is 0 Å². The van der Waals surface area contributed by atoms with Gasteiger partial charge < -0.3 is 5.32 Å². The summed E-state index contributed by atoms with van der Waals surface area (Å²) in [6.45, 7) is 1.01. The van der Waals surface area contributed by atoms with Crippen LogP contribution in [0.25, 0.3) is 0 Å². The number of anilines is 1. The third kappa shape index (κ3) is 3.26. The minimum atomic E-state index is -1.43. The van der Waals surface area contributed by atoms with Crippen LogP contribution in [-0.2, 0) is 0 Å². The second-order valence-corrected chi connectivity index (χ2v) is 4.94. The maximum atomic E-state index is 13.9. The number of halogens is 4. The number of hydrogen-bond donors (Lipinski definition) is 1. The van der Waals surface area contributed by atoms with E-state index in [1.54, 1.807) is 0 Å². The topological polar surface area (TPSA) is 72.2 Å². The summed E-state index contributed by atoms with van der Waals surface area (Å²) >= 11 is 5.54. The molecular formula is C14H8ClF3N2O3. The van der Waals surface area contributed by atoms with E-state index in [4.69, 9.17) is 11.6 Å². The molecule has 0 aliphatic rings. The Morgan fingerprint density at radius 3 is 2.43 bits per heavy atom. The average Bonchev–Trinajstić information content (AvgIpc) is 2.47. The van der Waals surface area contributed by atoms with Gasteiger partial charge in [0, 0.05) is 11.3 Å². The van der Waals surface area contributed by atoms with Gasteiger partial charge >= 0.3 is 5.69 Å². The molecule has 1 amide bonds. The lowest BCUT2D eigenvalue weighted by Gasteiger charge is -2.09. The molecule has 0 atom stereocenters. The van der Waals surface area contributed by atoms with Crippen LogP contribution in [0.1, 0.15) is 15.9 Å². The van der Waals surface area contributed by atoms with Crippen LogP contribution in [0.4, 0.5) is 24.5 Å². The number of nitro benzene ring substituents is 1. The van der Waals surface area contributed by atoms with Crippen molar-refractivity contribution in [3.8, 4) is 0 Å². The fourth-order valence-corrected chi connectivity index (χ4v) is 2.01. The number of nitrogens with zero attached hydrogens (tertiary/aromatic N) is 1. The van der Waals surface area contributed by atoms with Gasteiger partial charge in [-0.05, 0) is 31.2 Å². The van der Waals surface area contributed by atoms with E-state index >= 15 is 0 Å². The first-order chi connectivity index (χ1) is 10.7.